The minimum absolute atomic E-state index is 0.346. The van der Waals surface area contributed by atoms with Gasteiger partial charge in [0.1, 0.15) is 0 Å². The molecule has 112 valence electrons. The zero-order valence-electron chi connectivity index (χ0n) is 12.2. The first-order chi connectivity index (χ1) is 9.45. The molecular formula is C16H24O3S. The van der Waals surface area contributed by atoms with E-state index in [0.717, 1.165) is 24.8 Å². The van der Waals surface area contributed by atoms with E-state index in [-0.39, 0.29) is 0 Å². The average Bonchev–Trinajstić information content (AvgIpc) is 2.41. The Bertz CT molecular complexity index is 551. The Balaban J connectivity index is 2.27. The minimum Gasteiger partial charge on any atom is -0.392 e. The summed E-state index contributed by atoms with van der Waals surface area (Å²) in [5, 5.41) is 9.50. The third kappa shape index (κ3) is 3.23. The Labute approximate surface area is 121 Å². The molecule has 0 radical (unpaired) electrons. The quantitative estimate of drug-likeness (QED) is 0.929. The van der Waals surface area contributed by atoms with Crippen LogP contribution in [-0.2, 0) is 9.84 Å². The van der Waals surface area contributed by atoms with Gasteiger partial charge in [-0.25, -0.2) is 8.42 Å². The molecule has 1 fully saturated rings. The summed E-state index contributed by atoms with van der Waals surface area (Å²) in [7, 11) is -3.43. The monoisotopic (exact) mass is 296 g/mol. The molecule has 0 saturated heterocycles. The van der Waals surface area contributed by atoms with Crippen molar-refractivity contribution in [3.8, 4) is 0 Å². The van der Waals surface area contributed by atoms with Gasteiger partial charge in [0, 0.05) is 0 Å². The van der Waals surface area contributed by atoms with E-state index >= 15 is 0 Å². The molecule has 1 aliphatic carbocycles. The van der Waals surface area contributed by atoms with Gasteiger partial charge in [0.25, 0.3) is 0 Å². The standard InChI is InChI=1S/C16H24O3S/c1-3-5-13-8-9-15(17)16(11-13)20(18,19)14-7-4-6-12(2)10-14/h4,6-7,10,13,15-17H,3,5,8-9,11H2,1-2H3. The Kier molecular flexibility index (Phi) is 4.86. The molecule has 3 atom stereocenters. The summed E-state index contributed by atoms with van der Waals surface area (Å²) < 4.78 is 25.5. The van der Waals surface area contributed by atoms with Crippen molar-refractivity contribution in [2.24, 2.45) is 5.92 Å². The highest BCUT2D eigenvalue weighted by Gasteiger charge is 2.38. The second-order valence-electron chi connectivity index (χ2n) is 5.94. The molecule has 20 heavy (non-hydrogen) atoms. The van der Waals surface area contributed by atoms with Crippen LogP contribution in [-0.4, -0.2) is 24.9 Å². The lowest BCUT2D eigenvalue weighted by Crippen LogP contribution is -2.39. The predicted octanol–water partition coefficient (Wildman–Crippen LogP) is 3.10. The highest BCUT2D eigenvalue weighted by Crippen LogP contribution is 2.34. The largest absolute Gasteiger partial charge is 0.392 e. The molecule has 3 unspecified atom stereocenters. The molecule has 1 aromatic carbocycles. The molecule has 2 rings (SSSR count). The van der Waals surface area contributed by atoms with Gasteiger partial charge in [-0.15, -0.1) is 0 Å². The average molecular weight is 296 g/mol. The van der Waals surface area contributed by atoms with E-state index in [1.165, 1.54) is 0 Å². The van der Waals surface area contributed by atoms with Crippen LogP contribution in [0.25, 0.3) is 0 Å². The van der Waals surface area contributed by atoms with Crippen molar-refractivity contribution in [3.63, 3.8) is 0 Å². The van der Waals surface area contributed by atoms with Crippen LogP contribution in [0.2, 0.25) is 0 Å². The zero-order chi connectivity index (χ0) is 14.8. The maximum atomic E-state index is 12.7. The molecule has 0 heterocycles. The molecule has 1 aliphatic rings. The summed E-state index contributed by atoms with van der Waals surface area (Å²) >= 11 is 0. The minimum atomic E-state index is -3.43. The number of benzene rings is 1. The van der Waals surface area contributed by atoms with Gasteiger partial charge in [-0.2, -0.15) is 0 Å². The summed E-state index contributed by atoms with van der Waals surface area (Å²) in [5.74, 6) is 0.424. The van der Waals surface area contributed by atoms with Crippen molar-refractivity contribution in [2.45, 2.75) is 62.2 Å². The predicted molar refractivity (Wildman–Crippen MR) is 80.4 cm³/mol. The van der Waals surface area contributed by atoms with Crippen LogP contribution in [0.4, 0.5) is 0 Å². The van der Waals surface area contributed by atoms with Gasteiger partial charge >= 0.3 is 0 Å². The highest BCUT2D eigenvalue weighted by atomic mass is 32.2. The normalized spacial score (nSPS) is 27.4. The number of hydrogen-bond donors (Lipinski definition) is 1. The lowest BCUT2D eigenvalue weighted by Gasteiger charge is -2.33. The van der Waals surface area contributed by atoms with E-state index in [1.54, 1.807) is 18.2 Å². The van der Waals surface area contributed by atoms with Crippen LogP contribution in [0, 0.1) is 12.8 Å². The van der Waals surface area contributed by atoms with Crippen molar-refractivity contribution < 1.29 is 13.5 Å². The van der Waals surface area contributed by atoms with Crippen LogP contribution < -0.4 is 0 Å². The van der Waals surface area contributed by atoms with E-state index in [4.69, 9.17) is 0 Å². The van der Waals surface area contributed by atoms with Crippen molar-refractivity contribution in [3.05, 3.63) is 29.8 Å². The van der Waals surface area contributed by atoms with E-state index in [1.807, 2.05) is 13.0 Å². The Morgan fingerprint density at radius 3 is 2.70 bits per heavy atom. The molecule has 0 spiro atoms. The second-order valence-corrected chi connectivity index (χ2v) is 8.10. The fraction of sp³-hybridized carbons (Fsp3) is 0.625. The molecule has 3 nitrogen and oxygen atoms in total. The third-order valence-corrected chi connectivity index (χ3v) is 6.49. The summed E-state index contributed by atoms with van der Waals surface area (Å²) in [5.41, 5.74) is 0.932. The van der Waals surface area contributed by atoms with Crippen LogP contribution in [0.3, 0.4) is 0 Å². The molecule has 0 bridgehead atoms. The van der Waals surface area contributed by atoms with Gasteiger partial charge in [-0.1, -0.05) is 31.9 Å². The van der Waals surface area contributed by atoms with E-state index in [9.17, 15) is 13.5 Å². The maximum Gasteiger partial charge on any atom is 0.183 e. The molecule has 1 N–H and O–H groups in total. The lowest BCUT2D eigenvalue weighted by atomic mass is 9.84. The van der Waals surface area contributed by atoms with Crippen LogP contribution in [0.15, 0.2) is 29.2 Å². The van der Waals surface area contributed by atoms with Gasteiger partial charge in [0.2, 0.25) is 0 Å². The van der Waals surface area contributed by atoms with Crippen molar-refractivity contribution >= 4 is 9.84 Å². The molecule has 1 saturated carbocycles. The van der Waals surface area contributed by atoms with Crippen molar-refractivity contribution in [2.75, 3.05) is 0 Å². The third-order valence-electron chi connectivity index (χ3n) is 4.28. The second kappa shape index (κ2) is 6.27. The lowest BCUT2D eigenvalue weighted by molar-refractivity contribution is 0.109. The molecule has 0 amide bonds. The maximum absolute atomic E-state index is 12.7. The number of sulfone groups is 1. The van der Waals surface area contributed by atoms with Crippen LogP contribution in [0.5, 0.6) is 0 Å². The summed E-state index contributed by atoms with van der Waals surface area (Å²) in [6, 6.07) is 6.99. The van der Waals surface area contributed by atoms with Crippen LogP contribution in [0.1, 0.15) is 44.6 Å². The smallest absolute Gasteiger partial charge is 0.183 e. The fourth-order valence-corrected chi connectivity index (χ4v) is 5.21. The van der Waals surface area contributed by atoms with Gasteiger partial charge in [0.15, 0.2) is 9.84 Å². The number of aliphatic hydroxyl groups is 1. The molecule has 0 aromatic heterocycles. The topological polar surface area (TPSA) is 54.4 Å². The fourth-order valence-electron chi connectivity index (χ4n) is 3.17. The summed E-state index contributed by atoms with van der Waals surface area (Å²) in [4.78, 5) is 0.346. The Morgan fingerprint density at radius 1 is 1.30 bits per heavy atom. The van der Waals surface area contributed by atoms with Crippen LogP contribution >= 0.6 is 0 Å². The van der Waals surface area contributed by atoms with E-state index in [2.05, 4.69) is 6.92 Å². The van der Waals surface area contributed by atoms with Gasteiger partial charge in [0.05, 0.1) is 16.2 Å². The van der Waals surface area contributed by atoms with Crippen molar-refractivity contribution in [1.29, 1.82) is 0 Å². The number of rotatable bonds is 4. The molecule has 0 aliphatic heterocycles. The van der Waals surface area contributed by atoms with E-state index in [0.29, 0.717) is 23.7 Å². The Hall–Kier alpha value is -0.870. The van der Waals surface area contributed by atoms with Gasteiger partial charge in [-0.05, 0) is 49.8 Å². The van der Waals surface area contributed by atoms with E-state index < -0.39 is 21.2 Å². The number of aliphatic hydroxyl groups excluding tert-OH is 1. The number of hydrogen-bond acceptors (Lipinski definition) is 3. The Morgan fingerprint density at radius 2 is 2.05 bits per heavy atom. The first kappa shape index (κ1) is 15.5. The zero-order valence-corrected chi connectivity index (χ0v) is 13.1. The molecule has 4 heteroatoms. The first-order valence-electron chi connectivity index (χ1n) is 7.43. The summed E-state index contributed by atoms with van der Waals surface area (Å²) in [6.07, 6.45) is 3.51. The van der Waals surface area contributed by atoms with Gasteiger partial charge < -0.3 is 5.11 Å². The highest BCUT2D eigenvalue weighted by molar-refractivity contribution is 7.92. The van der Waals surface area contributed by atoms with Crippen molar-refractivity contribution in [1.82, 2.24) is 0 Å². The molecular weight excluding hydrogens is 272 g/mol. The van der Waals surface area contributed by atoms with Gasteiger partial charge in [-0.3, -0.25) is 0 Å². The summed E-state index contributed by atoms with van der Waals surface area (Å²) in [6.45, 7) is 4.01. The first-order valence-corrected chi connectivity index (χ1v) is 8.98. The SMILES string of the molecule is CCCC1CCC(O)C(S(=O)(=O)c2cccc(C)c2)C1. The molecule has 1 aromatic rings. The number of aryl methyl sites for hydroxylation is 1.